The van der Waals surface area contributed by atoms with Crippen molar-refractivity contribution in [2.24, 2.45) is 4.99 Å². The molecule has 3 aromatic rings. The van der Waals surface area contributed by atoms with Crippen LogP contribution in [-0.4, -0.2) is 57.2 Å². The van der Waals surface area contributed by atoms with E-state index in [1.54, 1.807) is 0 Å². The molecular formula is C28H30N4O3S. The van der Waals surface area contributed by atoms with Gasteiger partial charge in [-0.3, -0.25) is 4.79 Å². The summed E-state index contributed by atoms with van der Waals surface area (Å²) in [6.07, 6.45) is 4.15. The minimum absolute atomic E-state index is 0.0959. The van der Waals surface area contributed by atoms with Crippen LogP contribution in [-0.2, 0) is 9.53 Å². The summed E-state index contributed by atoms with van der Waals surface area (Å²) in [4.78, 5) is 20.0. The number of amidine groups is 1. The number of aliphatic imine (C=N–C) groups is 1. The lowest BCUT2D eigenvalue weighted by molar-refractivity contribution is -0.113. The summed E-state index contributed by atoms with van der Waals surface area (Å²) in [5.74, 6) is 0.588. The molecule has 0 saturated carbocycles. The van der Waals surface area contributed by atoms with E-state index in [9.17, 15) is 4.79 Å². The van der Waals surface area contributed by atoms with Gasteiger partial charge in [0.05, 0.1) is 34.6 Å². The molecule has 5 rings (SSSR count). The number of para-hydroxylation sites is 1. The van der Waals surface area contributed by atoms with Gasteiger partial charge in [-0.1, -0.05) is 18.2 Å². The highest BCUT2D eigenvalue weighted by Gasteiger charge is 2.31. The predicted molar refractivity (Wildman–Crippen MR) is 144 cm³/mol. The molecule has 0 unspecified atom stereocenters. The minimum Gasteiger partial charge on any atom is -0.491 e. The van der Waals surface area contributed by atoms with E-state index in [-0.39, 0.29) is 24.2 Å². The third-order valence-electron chi connectivity index (χ3n) is 5.85. The van der Waals surface area contributed by atoms with Gasteiger partial charge >= 0.3 is 0 Å². The monoisotopic (exact) mass is 502 g/mol. The van der Waals surface area contributed by atoms with Crippen molar-refractivity contribution in [3.63, 3.8) is 0 Å². The van der Waals surface area contributed by atoms with E-state index in [2.05, 4.69) is 9.89 Å². The topological polar surface area (TPSA) is 68.9 Å². The highest BCUT2D eigenvalue weighted by atomic mass is 32.2. The van der Waals surface area contributed by atoms with Crippen LogP contribution in [0.3, 0.4) is 0 Å². The smallest absolute Gasteiger partial charge is 0.286 e. The molecule has 2 aromatic carbocycles. The number of hydrogen-bond donors (Lipinski definition) is 0. The van der Waals surface area contributed by atoms with Crippen LogP contribution in [0.25, 0.3) is 23.0 Å². The maximum Gasteiger partial charge on any atom is 0.286 e. The Morgan fingerprint density at radius 1 is 1.06 bits per heavy atom. The Kier molecular flexibility index (Phi) is 6.98. The Hall–Kier alpha value is -3.36. The number of thioether (sulfide) groups is 1. The number of ether oxygens (including phenoxy) is 2. The Morgan fingerprint density at radius 2 is 1.75 bits per heavy atom. The highest BCUT2D eigenvalue weighted by Crippen LogP contribution is 2.34. The van der Waals surface area contributed by atoms with Crippen LogP contribution in [0.4, 0.5) is 0 Å². The number of rotatable bonds is 5. The second kappa shape index (κ2) is 10.3. The van der Waals surface area contributed by atoms with Crippen LogP contribution >= 0.6 is 11.8 Å². The molecule has 7 nitrogen and oxygen atoms in total. The molecule has 0 aliphatic carbocycles. The van der Waals surface area contributed by atoms with Crippen LogP contribution in [0, 0.1) is 0 Å². The van der Waals surface area contributed by atoms with Gasteiger partial charge in [-0.2, -0.15) is 10.1 Å². The zero-order valence-electron chi connectivity index (χ0n) is 20.9. The fraction of sp³-hybridized carbons (Fsp3) is 0.321. The van der Waals surface area contributed by atoms with Crippen LogP contribution in [0.2, 0.25) is 0 Å². The van der Waals surface area contributed by atoms with Gasteiger partial charge in [-0.05, 0) is 81.9 Å². The molecule has 0 bridgehead atoms. The molecule has 0 N–H and O–H groups in total. The summed E-state index contributed by atoms with van der Waals surface area (Å²) in [5, 5.41) is 5.62. The first-order chi connectivity index (χ1) is 17.4. The van der Waals surface area contributed by atoms with E-state index >= 15 is 0 Å². The average Bonchev–Trinajstić information content (AvgIpc) is 3.43. The lowest BCUT2D eigenvalue weighted by Gasteiger charge is -2.35. The molecule has 3 heterocycles. The molecule has 2 aliphatic rings. The van der Waals surface area contributed by atoms with Crippen LogP contribution in [0.1, 0.15) is 33.3 Å². The SMILES string of the molecule is CC(C)Oc1ccc(-c2nn(-c3ccccc3)cc2/C=C2\SC(N3C[C@@H](C)O[C@H](C)C3)=NC2=O)cc1. The van der Waals surface area contributed by atoms with Crippen LogP contribution < -0.4 is 4.74 Å². The van der Waals surface area contributed by atoms with Gasteiger partial charge in [0.2, 0.25) is 0 Å². The van der Waals surface area contributed by atoms with Crippen molar-refractivity contribution in [1.82, 2.24) is 14.7 Å². The fourth-order valence-electron chi connectivity index (χ4n) is 4.40. The molecule has 2 aliphatic heterocycles. The summed E-state index contributed by atoms with van der Waals surface area (Å²) >= 11 is 1.42. The number of carbonyl (C=O) groups is 1. The van der Waals surface area contributed by atoms with Crippen molar-refractivity contribution < 1.29 is 14.3 Å². The highest BCUT2D eigenvalue weighted by molar-refractivity contribution is 8.18. The van der Waals surface area contributed by atoms with Gasteiger partial charge in [-0.15, -0.1) is 0 Å². The molecule has 1 aromatic heterocycles. The second-order valence-electron chi connectivity index (χ2n) is 9.38. The van der Waals surface area contributed by atoms with Gasteiger partial charge in [0.25, 0.3) is 5.91 Å². The largest absolute Gasteiger partial charge is 0.491 e. The summed E-state index contributed by atoms with van der Waals surface area (Å²) in [5.41, 5.74) is 3.53. The van der Waals surface area contributed by atoms with Gasteiger partial charge in [0.15, 0.2) is 5.17 Å². The van der Waals surface area contributed by atoms with E-state index in [0.29, 0.717) is 4.91 Å². The van der Waals surface area contributed by atoms with E-state index in [4.69, 9.17) is 14.6 Å². The van der Waals surface area contributed by atoms with Crippen molar-refractivity contribution in [1.29, 1.82) is 0 Å². The minimum atomic E-state index is -0.221. The van der Waals surface area contributed by atoms with Gasteiger partial charge < -0.3 is 14.4 Å². The number of morpholine rings is 1. The maximum atomic E-state index is 12.9. The first-order valence-electron chi connectivity index (χ1n) is 12.2. The molecule has 8 heteroatoms. The van der Waals surface area contributed by atoms with Crippen molar-refractivity contribution in [2.75, 3.05) is 13.1 Å². The average molecular weight is 503 g/mol. The molecule has 186 valence electrons. The Labute approximate surface area is 215 Å². The fourth-order valence-corrected chi connectivity index (χ4v) is 5.32. The third-order valence-corrected chi connectivity index (χ3v) is 6.89. The van der Waals surface area contributed by atoms with E-state index in [0.717, 1.165) is 46.5 Å². The van der Waals surface area contributed by atoms with E-state index in [1.807, 2.05) is 99.2 Å². The Balaban J connectivity index is 1.47. The molecule has 0 radical (unpaired) electrons. The van der Waals surface area contributed by atoms with Crippen molar-refractivity contribution in [3.05, 3.63) is 71.3 Å². The lowest BCUT2D eigenvalue weighted by atomic mass is 10.1. The maximum absolute atomic E-state index is 12.9. The van der Waals surface area contributed by atoms with E-state index < -0.39 is 0 Å². The number of hydrogen-bond acceptors (Lipinski definition) is 6. The summed E-state index contributed by atoms with van der Waals surface area (Å²) in [6.45, 7) is 9.54. The van der Waals surface area contributed by atoms with Gasteiger partial charge in [-0.25, -0.2) is 4.68 Å². The number of aromatic nitrogens is 2. The van der Waals surface area contributed by atoms with Crippen LogP contribution in [0.5, 0.6) is 5.75 Å². The normalized spacial score (nSPS) is 21.4. The molecular weight excluding hydrogens is 472 g/mol. The third kappa shape index (κ3) is 5.39. The van der Waals surface area contributed by atoms with Crippen LogP contribution in [0.15, 0.2) is 70.7 Å². The molecule has 2 atom stereocenters. The van der Waals surface area contributed by atoms with Crippen molar-refractivity contribution in [2.45, 2.75) is 46.0 Å². The quantitative estimate of drug-likeness (QED) is 0.435. The zero-order valence-corrected chi connectivity index (χ0v) is 21.7. The number of nitrogens with zero attached hydrogens (tertiary/aromatic N) is 4. The summed E-state index contributed by atoms with van der Waals surface area (Å²) < 4.78 is 13.5. The first-order valence-corrected chi connectivity index (χ1v) is 13.0. The zero-order chi connectivity index (χ0) is 25.2. The lowest BCUT2D eigenvalue weighted by Crippen LogP contribution is -2.47. The van der Waals surface area contributed by atoms with Gasteiger partial charge in [0.1, 0.15) is 5.75 Å². The van der Waals surface area contributed by atoms with Crippen molar-refractivity contribution in [3.8, 4) is 22.7 Å². The standard InChI is InChI=1S/C28H30N4O3S/c1-18(2)34-24-12-10-21(11-13-24)26-22(17-32(30-26)23-8-6-5-7-9-23)14-25-27(33)29-28(36-25)31-15-19(3)35-20(4)16-31/h5-14,17-20H,15-16H2,1-4H3/b25-14-/t19-,20-/m1/s1. The molecule has 1 saturated heterocycles. The predicted octanol–water partition coefficient (Wildman–Crippen LogP) is 5.41. The van der Waals surface area contributed by atoms with E-state index in [1.165, 1.54) is 11.8 Å². The Bertz CT molecular complexity index is 1290. The number of carbonyl (C=O) groups excluding carboxylic acids is 1. The molecule has 1 fully saturated rings. The number of amides is 1. The summed E-state index contributed by atoms with van der Waals surface area (Å²) in [7, 11) is 0. The summed E-state index contributed by atoms with van der Waals surface area (Å²) in [6, 6.07) is 17.8. The molecule has 0 spiro atoms. The molecule has 1 amide bonds. The first kappa shape index (κ1) is 24.3. The number of benzene rings is 2. The Morgan fingerprint density at radius 3 is 2.42 bits per heavy atom. The van der Waals surface area contributed by atoms with Crippen molar-refractivity contribution >= 4 is 28.9 Å². The second-order valence-corrected chi connectivity index (χ2v) is 10.4. The molecule has 36 heavy (non-hydrogen) atoms. The van der Waals surface area contributed by atoms with Gasteiger partial charge in [0, 0.05) is 30.4 Å².